The van der Waals surface area contributed by atoms with Gasteiger partial charge >= 0.3 is 17.9 Å². The van der Waals surface area contributed by atoms with Crippen LogP contribution in [0.4, 0.5) is 0 Å². The van der Waals surface area contributed by atoms with E-state index in [9.17, 15) is 33.9 Å². The largest absolute Gasteiger partial charge is 0.481 e. The maximum Gasteiger partial charge on any atom is 0.326 e. The normalized spacial score (nSPS) is 14.1. The number of aromatic amines is 1. The molecule has 1 aromatic heterocycles. The highest BCUT2D eigenvalue weighted by molar-refractivity contribution is 7.80. The van der Waals surface area contributed by atoms with Crippen molar-refractivity contribution >= 4 is 48.3 Å². The second-order valence-corrected chi connectivity index (χ2v) is 7.82. The number of rotatable bonds is 16. The van der Waals surface area contributed by atoms with E-state index in [4.69, 9.17) is 15.9 Å². The molecular weight excluding hydrogens is 488 g/mol. The first-order valence-electron chi connectivity index (χ1n) is 10.4. The minimum atomic E-state index is -1.41. The first kappa shape index (κ1) is 29.4. The third-order valence-corrected chi connectivity index (χ3v) is 5.06. The summed E-state index contributed by atoms with van der Waals surface area (Å²) in [5.74, 6) is -6.69. The molecule has 3 amide bonds. The SMILES string of the molecule is NC(CCC(=O)O)C(=O)NC(CCC(=O)O)C(=O)NC(CS)C(=O)NC(Cc1cnc[nH]1)C(=O)O. The molecule has 9 N–H and O–H groups in total. The summed E-state index contributed by atoms with van der Waals surface area (Å²) < 4.78 is 0. The molecule has 0 spiro atoms. The van der Waals surface area contributed by atoms with Crippen molar-refractivity contribution in [1.82, 2.24) is 25.9 Å². The Morgan fingerprint density at radius 2 is 1.43 bits per heavy atom. The predicted octanol–water partition coefficient (Wildman–Crippen LogP) is -2.52. The molecule has 0 saturated carbocycles. The van der Waals surface area contributed by atoms with Crippen LogP contribution in [0.5, 0.6) is 0 Å². The molecule has 0 aliphatic heterocycles. The topological polar surface area (TPSA) is 254 Å². The number of H-pyrrole nitrogens is 1. The summed E-state index contributed by atoms with van der Waals surface area (Å²) in [5.41, 5.74) is 6.07. The number of hydrogen-bond acceptors (Lipinski definition) is 9. The van der Waals surface area contributed by atoms with E-state index in [0.29, 0.717) is 5.69 Å². The molecule has 0 aliphatic carbocycles. The fourth-order valence-electron chi connectivity index (χ4n) is 2.78. The molecule has 1 heterocycles. The minimum absolute atomic E-state index is 0.111. The Morgan fingerprint density at radius 3 is 1.94 bits per heavy atom. The van der Waals surface area contributed by atoms with Crippen LogP contribution < -0.4 is 21.7 Å². The number of carbonyl (C=O) groups is 6. The van der Waals surface area contributed by atoms with Crippen LogP contribution in [-0.2, 0) is 35.2 Å². The highest BCUT2D eigenvalue weighted by Gasteiger charge is 2.30. The molecule has 0 saturated heterocycles. The quantitative estimate of drug-likeness (QED) is 0.104. The second kappa shape index (κ2) is 14.6. The number of aliphatic carboxylic acids is 3. The van der Waals surface area contributed by atoms with Crippen LogP contribution in [0.3, 0.4) is 0 Å². The van der Waals surface area contributed by atoms with E-state index in [0.717, 1.165) is 0 Å². The van der Waals surface area contributed by atoms with E-state index in [2.05, 4.69) is 38.5 Å². The van der Waals surface area contributed by atoms with Crippen molar-refractivity contribution < 1.29 is 44.1 Å². The van der Waals surface area contributed by atoms with Crippen LogP contribution in [0.1, 0.15) is 31.4 Å². The van der Waals surface area contributed by atoms with Crippen LogP contribution in [-0.4, -0.2) is 90.8 Å². The van der Waals surface area contributed by atoms with Crippen LogP contribution >= 0.6 is 12.6 Å². The lowest BCUT2D eigenvalue weighted by atomic mass is 10.1. The number of hydrogen-bond donors (Lipinski definition) is 9. The van der Waals surface area contributed by atoms with Gasteiger partial charge in [-0.15, -0.1) is 0 Å². The van der Waals surface area contributed by atoms with Gasteiger partial charge in [0.1, 0.15) is 18.1 Å². The monoisotopic (exact) mass is 516 g/mol. The van der Waals surface area contributed by atoms with Crippen molar-refractivity contribution in [1.29, 1.82) is 0 Å². The predicted molar refractivity (Wildman–Crippen MR) is 121 cm³/mol. The van der Waals surface area contributed by atoms with Crippen molar-refractivity contribution in [2.24, 2.45) is 5.73 Å². The van der Waals surface area contributed by atoms with Gasteiger partial charge in [-0.2, -0.15) is 12.6 Å². The zero-order chi connectivity index (χ0) is 26.5. The first-order valence-corrected chi connectivity index (χ1v) is 11.0. The number of carboxylic acid groups (broad SMARTS) is 3. The second-order valence-electron chi connectivity index (χ2n) is 7.46. The average Bonchev–Trinajstić information content (AvgIpc) is 3.30. The molecule has 1 rings (SSSR count). The number of carbonyl (C=O) groups excluding carboxylic acids is 3. The Bertz CT molecular complexity index is 911. The number of aromatic nitrogens is 2. The molecule has 15 nitrogen and oxygen atoms in total. The summed E-state index contributed by atoms with van der Waals surface area (Å²) >= 11 is 4.00. The van der Waals surface area contributed by atoms with Crippen molar-refractivity contribution in [2.45, 2.75) is 56.3 Å². The fourth-order valence-corrected chi connectivity index (χ4v) is 3.04. The van der Waals surface area contributed by atoms with Crippen molar-refractivity contribution in [3.05, 3.63) is 18.2 Å². The van der Waals surface area contributed by atoms with E-state index in [1.165, 1.54) is 12.5 Å². The highest BCUT2D eigenvalue weighted by Crippen LogP contribution is 2.04. The summed E-state index contributed by atoms with van der Waals surface area (Å²) in [6, 6.07) is -5.35. The lowest BCUT2D eigenvalue weighted by Gasteiger charge is -2.24. The Balaban J connectivity index is 2.85. The van der Waals surface area contributed by atoms with Crippen molar-refractivity contribution in [3.8, 4) is 0 Å². The van der Waals surface area contributed by atoms with Gasteiger partial charge in [-0.1, -0.05) is 0 Å². The van der Waals surface area contributed by atoms with Gasteiger partial charge in [-0.3, -0.25) is 24.0 Å². The molecule has 0 aliphatic rings. The Hall–Kier alpha value is -3.66. The van der Waals surface area contributed by atoms with Gasteiger partial charge in [0, 0.05) is 36.9 Å². The zero-order valence-corrected chi connectivity index (χ0v) is 19.4. The van der Waals surface area contributed by atoms with Gasteiger partial charge in [-0.25, -0.2) is 9.78 Å². The number of nitrogens with zero attached hydrogens (tertiary/aromatic N) is 1. The van der Waals surface area contributed by atoms with Gasteiger partial charge in [0.25, 0.3) is 0 Å². The summed E-state index contributed by atoms with van der Waals surface area (Å²) in [6.07, 6.45) is 1.14. The summed E-state index contributed by atoms with van der Waals surface area (Å²) in [7, 11) is 0. The molecule has 4 unspecified atom stereocenters. The molecule has 0 bridgehead atoms. The first-order chi connectivity index (χ1) is 16.4. The lowest BCUT2D eigenvalue weighted by Crippen LogP contribution is -2.58. The van der Waals surface area contributed by atoms with E-state index in [1.54, 1.807) is 0 Å². The number of amides is 3. The van der Waals surface area contributed by atoms with Crippen LogP contribution in [0.2, 0.25) is 0 Å². The Kier molecular flexibility index (Phi) is 12.2. The van der Waals surface area contributed by atoms with Crippen LogP contribution in [0.25, 0.3) is 0 Å². The molecule has 0 radical (unpaired) electrons. The Morgan fingerprint density at radius 1 is 0.886 bits per heavy atom. The van der Waals surface area contributed by atoms with Crippen LogP contribution in [0.15, 0.2) is 12.5 Å². The third kappa shape index (κ3) is 10.9. The Labute approximate surface area is 204 Å². The number of thiol groups is 1. The van der Waals surface area contributed by atoms with E-state index in [1.807, 2.05) is 0 Å². The molecule has 1 aromatic rings. The molecule has 194 valence electrons. The summed E-state index contributed by atoms with van der Waals surface area (Å²) in [4.78, 5) is 77.2. The fraction of sp³-hybridized carbons (Fsp3) is 0.526. The summed E-state index contributed by atoms with van der Waals surface area (Å²) in [5, 5.41) is 33.9. The maximum absolute atomic E-state index is 12.7. The smallest absolute Gasteiger partial charge is 0.326 e. The van der Waals surface area contributed by atoms with Crippen molar-refractivity contribution in [2.75, 3.05) is 5.75 Å². The zero-order valence-electron chi connectivity index (χ0n) is 18.5. The molecule has 0 aromatic carbocycles. The van der Waals surface area contributed by atoms with Gasteiger partial charge in [0.15, 0.2) is 0 Å². The minimum Gasteiger partial charge on any atom is -0.481 e. The maximum atomic E-state index is 12.7. The van der Waals surface area contributed by atoms with E-state index >= 15 is 0 Å². The van der Waals surface area contributed by atoms with Gasteiger partial charge < -0.3 is 42.0 Å². The van der Waals surface area contributed by atoms with E-state index < -0.39 is 72.6 Å². The number of nitrogens with two attached hydrogens (primary N) is 1. The van der Waals surface area contributed by atoms with Crippen LogP contribution in [0, 0.1) is 0 Å². The molecule has 35 heavy (non-hydrogen) atoms. The summed E-state index contributed by atoms with van der Waals surface area (Å²) in [6.45, 7) is 0. The number of nitrogens with one attached hydrogen (secondary N) is 4. The standard InChI is InChI=1S/C19H28N6O9S/c20-10(1-3-14(26)27)16(30)23-11(2-4-15(28)29)17(31)25-13(7-35)18(32)24-12(19(33)34)5-9-6-21-8-22-9/h6,8,10-13,35H,1-5,7,20H2,(H,21,22)(H,23,30)(H,24,32)(H,25,31)(H,26,27)(H,28,29)(H,33,34). The van der Waals surface area contributed by atoms with Gasteiger partial charge in [0.2, 0.25) is 17.7 Å². The number of imidazole rings is 1. The van der Waals surface area contributed by atoms with Crippen molar-refractivity contribution in [3.63, 3.8) is 0 Å². The molecule has 0 fully saturated rings. The molecule has 16 heteroatoms. The lowest BCUT2D eigenvalue weighted by molar-refractivity contribution is -0.142. The number of carboxylic acids is 3. The average molecular weight is 517 g/mol. The third-order valence-electron chi connectivity index (χ3n) is 4.69. The van der Waals surface area contributed by atoms with Gasteiger partial charge in [0.05, 0.1) is 12.4 Å². The molecule has 4 atom stereocenters. The molecular formula is C19H28N6O9S. The highest BCUT2D eigenvalue weighted by atomic mass is 32.1. The van der Waals surface area contributed by atoms with Gasteiger partial charge in [-0.05, 0) is 12.8 Å². The van der Waals surface area contributed by atoms with E-state index in [-0.39, 0.29) is 25.0 Å².